The first-order valence-corrected chi connectivity index (χ1v) is 11.9. The van der Waals surface area contributed by atoms with Crippen LogP contribution in [0.3, 0.4) is 0 Å². The number of benzene rings is 3. The summed E-state index contributed by atoms with van der Waals surface area (Å²) < 4.78 is 13.4. The SMILES string of the molecule is CNCCCNC(=O)c1ccc2c(c1)N(NCc1ccccc1)C(=O)c1ccccc1S2=O. The number of hydrogen-bond acceptors (Lipinski definition) is 5. The van der Waals surface area contributed by atoms with Crippen molar-refractivity contribution in [3.05, 3.63) is 89.5 Å². The average Bonchev–Trinajstić information content (AvgIpc) is 2.94. The molecule has 1 heterocycles. The molecule has 1 atom stereocenters. The van der Waals surface area contributed by atoms with Gasteiger partial charge < -0.3 is 10.6 Å². The van der Waals surface area contributed by atoms with Crippen LogP contribution in [0, 0.1) is 0 Å². The lowest BCUT2D eigenvalue weighted by Crippen LogP contribution is -2.43. The Morgan fingerprint density at radius 2 is 1.70 bits per heavy atom. The van der Waals surface area contributed by atoms with E-state index in [1.807, 2.05) is 37.4 Å². The summed E-state index contributed by atoms with van der Waals surface area (Å²) in [6, 6.07) is 21.5. The van der Waals surface area contributed by atoms with Crippen molar-refractivity contribution in [2.75, 3.05) is 25.1 Å². The summed E-state index contributed by atoms with van der Waals surface area (Å²) in [6.07, 6.45) is 0.801. The average molecular weight is 463 g/mol. The molecule has 0 saturated carbocycles. The molecule has 0 fully saturated rings. The van der Waals surface area contributed by atoms with E-state index in [2.05, 4.69) is 16.1 Å². The van der Waals surface area contributed by atoms with Crippen LogP contribution in [-0.2, 0) is 17.3 Å². The van der Waals surface area contributed by atoms with Crippen LogP contribution in [0.5, 0.6) is 0 Å². The van der Waals surface area contributed by atoms with Gasteiger partial charge in [0.1, 0.15) is 0 Å². The first kappa shape index (κ1) is 22.8. The van der Waals surface area contributed by atoms with E-state index < -0.39 is 10.8 Å². The summed E-state index contributed by atoms with van der Waals surface area (Å²) in [5, 5.41) is 7.34. The van der Waals surface area contributed by atoms with Gasteiger partial charge in [0, 0.05) is 18.7 Å². The molecule has 0 radical (unpaired) electrons. The van der Waals surface area contributed by atoms with Crippen molar-refractivity contribution < 1.29 is 13.8 Å². The molecule has 2 amide bonds. The third-order valence-corrected chi connectivity index (χ3v) is 6.86. The molecular formula is C25H26N4O3S. The predicted octanol–water partition coefficient (Wildman–Crippen LogP) is 2.86. The minimum Gasteiger partial charge on any atom is -0.352 e. The lowest BCUT2D eigenvalue weighted by atomic mass is 10.1. The topological polar surface area (TPSA) is 90.5 Å². The van der Waals surface area contributed by atoms with Crippen LogP contribution in [0.4, 0.5) is 5.69 Å². The third kappa shape index (κ3) is 5.03. The normalized spacial score (nSPS) is 14.9. The molecule has 0 aromatic heterocycles. The van der Waals surface area contributed by atoms with E-state index in [1.54, 1.807) is 42.5 Å². The van der Waals surface area contributed by atoms with Gasteiger partial charge in [0.05, 0.1) is 31.8 Å². The Balaban J connectivity index is 1.70. The smallest absolute Gasteiger partial charge is 0.273 e. The number of carbonyl (C=O) groups excluding carboxylic acids is 2. The Bertz CT molecular complexity index is 1180. The summed E-state index contributed by atoms with van der Waals surface area (Å²) in [4.78, 5) is 27.2. The molecule has 4 rings (SSSR count). The molecule has 3 aromatic rings. The first-order chi connectivity index (χ1) is 16.1. The first-order valence-electron chi connectivity index (χ1n) is 10.8. The Labute approximate surface area is 195 Å². The Morgan fingerprint density at radius 3 is 2.48 bits per heavy atom. The molecule has 3 N–H and O–H groups in total. The Hall–Kier alpha value is -3.33. The number of anilines is 1. The second kappa shape index (κ2) is 10.5. The lowest BCUT2D eigenvalue weighted by Gasteiger charge is -2.24. The maximum atomic E-state index is 13.5. The minimum absolute atomic E-state index is 0.239. The number of fused-ring (bicyclic) bond motifs is 2. The fourth-order valence-electron chi connectivity index (χ4n) is 3.64. The Morgan fingerprint density at radius 1 is 0.939 bits per heavy atom. The summed E-state index contributed by atoms with van der Waals surface area (Å²) in [5.41, 5.74) is 5.35. The van der Waals surface area contributed by atoms with Crippen molar-refractivity contribution in [3.8, 4) is 0 Å². The number of nitrogens with zero attached hydrogens (tertiary/aromatic N) is 1. The Kier molecular flexibility index (Phi) is 7.29. The zero-order chi connectivity index (χ0) is 23.2. The summed E-state index contributed by atoms with van der Waals surface area (Å²) >= 11 is 0. The molecule has 1 aliphatic rings. The molecule has 8 heteroatoms. The molecular weight excluding hydrogens is 436 g/mol. The van der Waals surface area contributed by atoms with Gasteiger partial charge in [-0.05, 0) is 55.9 Å². The number of nitrogens with one attached hydrogen (secondary N) is 3. The van der Waals surface area contributed by atoms with Crippen molar-refractivity contribution >= 4 is 28.3 Å². The maximum absolute atomic E-state index is 13.5. The maximum Gasteiger partial charge on any atom is 0.273 e. The van der Waals surface area contributed by atoms with E-state index in [-0.39, 0.29) is 11.8 Å². The largest absolute Gasteiger partial charge is 0.352 e. The highest BCUT2D eigenvalue weighted by Gasteiger charge is 2.31. The molecule has 1 aliphatic heterocycles. The number of rotatable bonds is 8. The molecule has 1 unspecified atom stereocenters. The van der Waals surface area contributed by atoms with Crippen LogP contribution in [0.1, 0.15) is 32.7 Å². The molecule has 0 bridgehead atoms. The third-order valence-electron chi connectivity index (χ3n) is 5.36. The van der Waals surface area contributed by atoms with Gasteiger partial charge in [-0.25, -0.2) is 14.6 Å². The molecule has 0 saturated heterocycles. The number of hydrazine groups is 1. The van der Waals surface area contributed by atoms with Crippen molar-refractivity contribution in [2.45, 2.75) is 22.8 Å². The van der Waals surface area contributed by atoms with Gasteiger partial charge >= 0.3 is 0 Å². The predicted molar refractivity (Wildman–Crippen MR) is 129 cm³/mol. The van der Waals surface area contributed by atoms with E-state index in [0.717, 1.165) is 18.5 Å². The van der Waals surface area contributed by atoms with Crippen molar-refractivity contribution in [3.63, 3.8) is 0 Å². The quantitative estimate of drug-likeness (QED) is 0.448. The van der Waals surface area contributed by atoms with E-state index in [4.69, 9.17) is 0 Å². The van der Waals surface area contributed by atoms with Gasteiger partial charge in [0.15, 0.2) is 0 Å². The summed E-state index contributed by atoms with van der Waals surface area (Å²) in [5.74, 6) is -0.558. The zero-order valence-electron chi connectivity index (χ0n) is 18.3. The van der Waals surface area contributed by atoms with Gasteiger partial charge in [-0.2, -0.15) is 0 Å². The molecule has 3 aromatic carbocycles. The van der Waals surface area contributed by atoms with Crippen molar-refractivity contribution in [1.29, 1.82) is 0 Å². The van der Waals surface area contributed by atoms with E-state index >= 15 is 0 Å². The van der Waals surface area contributed by atoms with E-state index in [9.17, 15) is 13.8 Å². The van der Waals surface area contributed by atoms with Crippen LogP contribution in [0.2, 0.25) is 0 Å². The molecule has 0 spiro atoms. The van der Waals surface area contributed by atoms with Gasteiger partial charge in [-0.15, -0.1) is 0 Å². The van der Waals surface area contributed by atoms with E-state index in [1.165, 1.54) is 5.01 Å². The highest BCUT2D eigenvalue weighted by molar-refractivity contribution is 7.85. The fourth-order valence-corrected chi connectivity index (χ4v) is 4.96. The zero-order valence-corrected chi connectivity index (χ0v) is 19.2. The number of carbonyl (C=O) groups is 2. The number of hydrogen-bond donors (Lipinski definition) is 3. The van der Waals surface area contributed by atoms with Crippen molar-refractivity contribution in [1.82, 2.24) is 16.1 Å². The second-order valence-electron chi connectivity index (χ2n) is 7.62. The second-order valence-corrected chi connectivity index (χ2v) is 9.04. The molecule has 0 aliphatic carbocycles. The van der Waals surface area contributed by atoms with Gasteiger partial charge in [-0.1, -0.05) is 42.5 Å². The highest BCUT2D eigenvalue weighted by atomic mass is 32.2. The standard InChI is InChI=1S/C25H26N4O3S/c1-26-14-7-15-27-24(30)19-12-13-23-21(16-19)29(28-17-18-8-3-2-4-9-18)25(31)20-10-5-6-11-22(20)33(23)32/h2-6,8-13,16,26,28H,7,14-15,17H2,1H3,(H,27,30). The highest BCUT2D eigenvalue weighted by Crippen LogP contribution is 2.34. The van der Waals surface area contributed by atoms with E-state index in [0.29, 0.717) is 39.7 Å². The number of amides is 2. The fraction of sp³-hybridized carbons (Fsp3) is 0.200. The minimum atomic E-state index is -1.57. The lowest BCUT2D eigenvalue weighted by molar-refractivity contribution is 0.0947. The van der Waals surface area contributed by atoms with Crippen LogP contribution >= 0.6 is 0 Å². The van der Waals surface area contributed by atoms with Crippen LogP contribution < -0.4 is 21.1 Å². The summed E-state index contributed by atoms with van der Waals surface area (Å²) in [6.45, 7) is 1.72. The van der Waals surface area contributed by atoms with Gasteiger partial charge in [0.2, 0.25) is 0 Å². The monoisotopic (exact) mass is 462 g/mol. The molecule has 170 valence electrons. The van der Waals surface area contributed by atoms with Gasteiger partial charge in [0.25, 0.3) is 11.8 Å². The van der Waals surface area contributed by atoms with Gasteiger partial charge in [-0.3, -0.25) is 9.59 Å². The molecule has 33 heavy (non-hydrogen) atoms. The molecule has 7 nitrogen and oxygen atoms in total. The van der Waals surface area contributed by atoms with Crippen LogP contribution in [-0.4, -0.2) is 36.2 Å². The van der Waals surface area contributed by atoms with Crippen molar-refractivity contribution in [2.24, 2.45) is 0 Å². The van der Waals surface area contributed by atoms with Crippen LogP contribution in [0.15, 0.2) is 82.6 Å². The summed E-state index contributed by atoms with van der Waals surface area (Å²) in [7, 11) is 0.293. The van der Waals surface area contributed by atoms with Crippen LogP contribution in [0.25, 0.3) is 0 Å².